The molecule has 0 saturated carbocycles. The second-order valence-corrected chi connectivity index (χ2v) is 7.49. The summed E-state index contributed by atoms with van der Waals surface area (Å²) >= 11 is 0. The van der Waals surface area contributed by atoms with Crippen molar-refractivity contribution in [2.45, 2.75) is 38.5 Å². The largest absolute Gasteiger partial charge is 0.410 e. The van der Waals surface area contributed by atoms with E-state index in [1.54, 1.807) is 37.7 Å². The molecule has 1 fully saturated rings. The van der Waals surface area contributed by atoms with Crippen LogP contribution >= 0.6 is 7.75 Å². The van der Waals surface area contributed by atoms with Crippen molar-refractivity contribution < 1.29 is 13.6 Å². The number of likely N-dealkylation sites (N-methyl/N-ethyl adjacent to an activating group) is 1. The quantitative estimate of drug-likeness (QED) is 0.618. The molecule has 2 rings (SSSR count). The van der Waals surface area contributed by atoms with Crippen molar-refractivity contribution >= 4 is 7.75 Å². The summed E-state index contributed by atoms with van der Waals surface area (Å²) in [5, 5.41) is 9.30. The van der Waals surface area contributed by atoms with E-state index in [2.05, 4.69) is 0 Å². The Balaban J connectivity index is 2.29. The number of hydrogen-bond donors (Lipinski definition) is 0. The monoisotopic (exact) mass is 320 g/mol. The minimum Gasteiger partial charge on any atom is -0.287 e. The van der Waals surface area contributed by atoms with Crippen LogP contribution in [0.3, 0.4) is 0 Å². The molecular weight excluding hydrogens is 299 g/mol. The second-order valence-electron chi connectivity index (χ2n) is 5.53. The molecule has 118 valence electrons. The Bertz CT molecular complexity index is 641. The van der Waals surface area contributed by atoms with Crippen LogP contribution in [0.5, 0.6) is 0 Å². The first-order valence-corrected chi connectivity index (χ1v) is 8.67. The third-order valence-electron chi connectivity index (χ3n) is 3.80. The minimum atomic E-state index is -3.55. The summed E-state index contributed by atoms with van der Waals surface area (Å²) in [4.78, 5) is 0. The molecule has 22 heavy (non-hydrogen) atoms. The van der Waals surface area contributed by atoms with E-state index < -0.39 is 13.3 Å². The van der Waals surface area contributed by atoms with Crippen molar-refractivity contribution in [2.24, 2.45) is 0 Å². The van der Waals surface area contributed by atoms with Crippen LogP contribution in [0.15, 0.2) is 42.5 Å². The molecule has 1 aliphatic heterocycles. The summed E-state index contributed by atoms with van der Waals surface area (Å²) in [6.07, 6.45) is 2.92. The summed E-state index contributed by atoms with van der Waals surface area (Å²) in [5.41, 5.74) is -0.350. The maximum Gasteiger partial charge on any atom is 0.410 e. The SMILES string of the molecule is C/C=C/C(C)(C#N)OP1(=O)OC(c2ccccc2)C(C)N1C. The van der Waals surface area contributed by atoms with Gasteiger partial charge in [-0.3, -0.25) is 9.05 Å². The van der Waals surface area contributed by atoms with Crippen molar-refractivity contribution in [3.8, 4) is 6.07 Å². The van der Waals surface area contributed by atoms with E-state index in [0.717, 1.165) is 5.56 Å². The molecule has 4 unspecified atom stereocenters. The molecule has 1 aromatic carbocycles. The highest BCUT2D eigenvalue weighted by molar-refractivity contribution is 7.51. The maximum atomic E-state index is 13.1. The fourth-order valence-corrected chi connectivity index (χ4v) is 4.49. The average molecular weight is 320 g/mol. The van der Waals surface area contributed by atoms with E-state index in [9.17, 15) is 9.83 Å². The highest BCUT2D eigenvalue weighted by Gasteiger charge is 2.51. The molecule has 1 saturated heterocycles. The van der Waals surface area contributed by atoms with Gasteiger partial charge in [0.15, 0.2) is 5.60 Å². The summed E-state index contributed by atoms with van der Waals surface area (Å²) in [6.45, 7) is 5.29. The zero-order chi connectivity index (χ0) is 16.4. The van der Waals surface area contributed by atoms with Crippen molar-refractivity contribution in [3.63, 3.8) is 0 Å². The van der Waals surface area contributed by atoms with Gasteiger partial charge in [-0.05, 0) is 39.5 Å². The van der Waals surface area contributed by atoms with E-state index >= 15 is 0 Å². The Morgan fingerprint density at radius 1 is 1.45 bits per heavy atom. The Kier molecular flexibility index (Phi) is 4.89. The molecular formula is C16H21N2O3P. The predicted octanol–water partition coefficient (Wildman–Crippen LogP) is 4.06. The van der Waals surface area contributed by atoms with Crippen molar-refractivity contribution in [1.29, 1.82) is 5.26 Å². The smallest absolute Gasteiger partial charge is 0.287 e. The average Bonchev–Trinajstić information content (AvgIpc) is 2.73. The number of nitriles is 1. The normalized spacial score (nSPS) is 32.0. The van der Waals surface area contributed by atoms with Crippen LogP contribution in [0.25, 0.3) is 0 Å². The van der Waals surface area contributed by atoms with Gasteiger partial charge in [-0.15, -0.1) is 0 Å². The number of hydrogen-bond acceptors (Lipinski definition) is 4. The van der Waals surface area contributed by atoms with Gasteiger partial charge in [0.2, 0.25) is 0 Å². The first-order chi connectivity index (χ1) is 10.4. The summed E-state index contributed by atoms with van der Waals surface area (Å²) in [7, 11) is -1.85. The molecule has 0 aromatic heterocycles. The van der Waals surface area contributed by atoms with Gasteiger partial charge in [-0.1, -0.05) is 36.4 Å². The number of allylic oxidation sites excluding steroid dienone is 1. The standard InChI is InChI=1S/C16H21N2O3P/c1-5-11-16(3,12-17)21-22(19)18(4)13(2)15(20-22)14-9-7-6-8-10-14/h5-11,13,15H,1-4H3/b11-5+. The van der Waals surface area contributed by atoms with Crippen molar-refractivity contribution in [3.05, 3.63) is 48.0 Å². The summed E-state index contributed by atoms with van der Waals surface area (Å²) in [5.74, 6) is 0. The Hall–Kier alpha value is -1.44. The van der Waals surface area contributed by atoms with E-state index in [4.69, 9.17) is 9.05 Å². The fraction of sp³-hybridized carbons (Fsp3) is 0.438. The molecule has 0 N–H and O–H groups in total. The zero-order valence-electron chi connectivity index (χ0n) is 13.3. The van der Waals surface area contributed by atoms with Crippen LogP contribution in [-0.2, 0) is 13.6 Å². The van der Waals surface area contributed by atoms with Crippen LogP contribution < -0.4 is 0 Å². The molecule has 5 nitrogen and oxygen atoms in total. The first-order valence-electron chi connectivity index (χ1n) is 7.18. The van der Waals surface area contributed by atoms with Crippen LogP contribution in [0.4, 0.5) is 0 Å². The molecule has 1 heterocycles. The Labute approximate surface area is 131 Å². The Morgan fingerprint density at radius 2 is 2.09 bits per heavy atom. The topological polar surface area (TPSA) is 62.6 Å². The van der Waals surface area contributed by atoms with Gasteiger partial charge in [0.05, 0.1) is 0 Å². The van der Waals surface area contributed by atoms with E-state index in [1.807, 2.05) is 43.3 Å². The van der Waals surface area contributed by atoms with Gasteiger partial charge in [-0.2, -0.15) is 5.26 Å². The molecule has 1 aliphatic rings. The number of nitrogens with zero attached hydrogens (tertiary/aromatic N) is 2. The molecule has 0 spiro atoms. The highest BCUT2D eigenvalue weighted by atomic mass is 31.2. The summed E-state index contributed by atoms with van der Waals surface area (Å²) in [6, 6.07) is 11.5. The zero-order valence-corrected chi connectivity index (χ0v) is 14.2. The van der Waals surface area contributed by atoms with Crippen LogP contribution in [0.1, 0.15) is 32.4 Å². The molecule has 4 atom stereocenters. The van der Waals surface area contributed by atoms with Gasteiger partial charge in [0, 0.05) is 6.04 Å². The predicted molar refractivity (Wildman–Crippen MR) is 85.0 cm³/mol. The summed E-state index contributed by atoms with van der Waals surface area (Å²) < 4.78 is 26.1. The van der Waals surface area contributed by atoms with E-state index in [1.165, 1.54) is 0 Å². The lowest BCUT2D eigenvalue weighted by Crippen LogP contribution is -2.28. The lowest BCUT2D eigenvalue weighted by Gasteiger charge is -2.26. The van der Waals surface area contributed by atoms with Crippen LogP contribution in [0.2, 0.25) is 0 Å². The number of rotatable bonds is 4. The van der Waals surface area contributed by atoms with E-state index in [-0.39, 0.29) is 12.1 Å². The molecule has 1 aromatic rings. The van der Waals surface area contributed by atoms with E-state index in [0.29, 0.717) is 0 Å². The third kappa shape index (κ3) is 3.16. The minimum absolute atomic E-state index is 0.123. The second kappa shape index (κ2) is 6.36. The molecule has 0 radical (unpaired) electrons. The maximum absolute atomic E-state index is 13.1. The van der Waals surface area contributed by atoms with Crippen molar-refractivity contribution in [1.82, 2.24) is 4.67 Å². The lowest BCUT2D eigenvalue weighted by molar-refractivity contribution is 0.127. The molecule has 0 amide bonds. The lowest BCUT2D eigenvalue weighted by atomic mass is 10.0. The van der Waals surface area contributed by atoms with Crippen LogP contribution in [0, 0.1) is 11.3 Å². The van der Waals surface area contributed by atoms with Gasteiger partial charge < -0.3 is 0 Å². The first kappa shape index (κ1) is 16.9. The molecule has 0 bridgehead atoms. The molecule has 0 aliphatic carbocycles. The van der Waals surface area contributed by atoms with Gasteiger partial charge in [-0.25, -0.2) is 9.24 Å². The third-order valence-corrected chi connectivity index (χ3v) is 6.04. The molecule has 6 heteroatoms. The van der Waals surface area contributed by atoms with Gasteiger partial charge in [0.25, 0.3) is 0 Å². The van der Waals surface area contributed by atoms with Gasteiger partial charge in [0.1, 0.15) is 12.2 Å². The fourth-order valence-electron chi connectivity index (χ4n) is 2.44. The number of benzene rings is 1. The Morgan fingerprint density at radius 3 is 2.64 bits per heavy atom. The highest BCUT2D eigenvalue weighted by Crippen LogP contribution is 2.64. The van der Waals surface area contributed by atoms with Crippen molar-refractivity contribution in [2.75, 3.05) is 7.05 Å². The van der Waals surface area contributed by atoms with Crippen LogP contribution in [-0.4, -0.2) is 23.4 Å². The van der Waals surface area contributed by atoms with Gasteiger partial charge >= 0.3 is 7.75 Å².